The number of amides is 1. The molecule has 1 spiro atoms. The molecule has 1 aromatic heterocycles. The molecule has 1 aromatic carbocycles. The topological polar surface area (TPSA) is 105 Å². The van der Waals surface area contributed by atoms with Crippen LogP contribution in [0.1, 0.15) is 47.2 Å². The number of hydrogen-bond acceptors (Lipinski definition) is 7. The number of morpholine rings is 1. The fourth-order valence-corrected chi connectivity index (χ4v) is 7.97. The minimum atomic E-state index is -0.564. The van der Waals surface area contributed by atoms with Crippen LogP contribution in [0.25, 0.3) is 11.9 Å². The maximum absolute atomic E-state index is 14.9. The molecular weight excluding hydrogens is 477 g/mol. The Labute approximate surface area is 212 Å². The van der Waals surface area contributed by atoms with Crippen molar-refractivity contribution in [1.82, 2.24) is 9.88 Å². The lowest BCUT2D eigenvalue weighted by Crippen LogP contribution is -2.56. The number of rotatable bonds is 3. The summed E-state index contributed by atoms with van der Waals surface area (Å²) < 4.78 is 20.1. The number of nitrogens with zero attached hydrogens (tertiary/aromatic N) is 4. The third-order valence-electron chi connectivity index (χ3n) is 8.41. The Balaban J connectivity index is 1.20. The van der Waals surface area contributed by atoms with Crippen LogP contribution in [0.4, 0.5) is 4.39 Å². The molecule has 2 aliphatic carbocycles. The Kier molecular flexibility index (Phi) is 4.67. The first kappa shape index (κ1) is 22.0. The molecule has 7 nitrogen and oxygen atoms in total. The highest BCUT2D eigenvalue weighted by molar-refractivity contribution is 8.15. The Morgan fingerprint density at radius 2 is 2.08 bits per heavy atom. The molecule has 9 heteroatoms. The number of fused-ring (bicyclic) bond motifs is 6. The predicted octanol–water partition coefficient (Wildman–Crippen LogP) is 3.38. The van der Waals surface area contributed by atoms with Gasteiger partial charge in [0.1, 0.15) is 16.6 Å². The second-order valence-electron chi connectivity index (χ2n) is 10.4. The Morgan fingerprint density at radius 3 is 2.81 bits per heavy atom. The summed E-state index contributed by atoms with van der Waals surface area (Å²) in [6, 6.07) is 11.2. The lowest BCUT2D eigenvalue weighted by atomic mass is 9.66. The molecule has 2 N–H and O–H groups in total. The number of aliphatic imine (C=N–C) groups is 1. The largest absolute Gasteiger partial charge is 0.378 e. The van der Waals surface area contributed by atoms with Crippen molar-refractivity contribution in [3.8, 4) is 6.07 Å². The van der Waals surface area contributed by atoms with Gasteiger partial charge in [0, 0.05) is 18.5 Å². The van der Waals surface area contributed by atoms with Crippen molar-refractivity contribution in [3.63, 3.8) is 0 Å². The first-order chi connectivity index (χ1) is 17.4. The number of nitrogens with two attached hydrogens (primary N) is 1. The third-order valence-corrected chi connectivity index (χ3v) is 9.70. The fourth-order valence-electron chi connectivity index (χ4n) is 6.61. The lowest BCUT2D eigenvalue weighted by molar-refractivity contribution is -0.141. The maximum Gasteiger partial charge on any atom is 0.240 e. The first-order valence-electron chi connectivity index (χ1n) is 12.3. The molecule has 182 valence electrons. The smallest absolute Gasteiger partial charge is 0.240 e. The highest BCUT2D eigenvalue weighted by Crippen LogP contribution is 2.70. The number of amidine groups is 1. The van der Waals surface area contributed by atoms with Crippen LogP contribution in [0.2, 0.25) is 0 Å². The summed E-state index contributed by atoms with van der Waals surface area (Å²) >= 11 is 1.43. The molecule has 1 amide bonds. The van der Waals surface area contributed by atoms with Crippen molar-refractivity contribution in [2.24, 2.45) is 16.6 Å². The number of thioether (sulfide) groups is 1. The van der Waals surface area contributed by atoms with Crippen molar-refractivity contribution in [3.05, 3.63) is 64.5 Å². The molecule has 2 bridgehead atoms. The number of halogens is 1. The Hall–Kier alpha value is -3.22. The van der Waals surface area contributed by atoms with Crippen LogP contribution in [0.5, 0.6) is 0 Å². The highest BCUT2D eigenvalue weighted by Gasteiger charge is 2.75. The van der Waals surface area contributed by atoms with E-state index in [1.54, 1.807) is 6.07 Å². The number of carbonyl (C=O) groups excluding carboxylic acids is 1. The van der Waals surface area contributed by atoms with Crippen LogP contribution < -0.4 is 5.73 Å². The number of nitriles is 1. The Bertz CT molecular complexity index is 1390. The second kappa shape index (κ2) is 7.64. The number of hydrogen-bond donors (Lipinski definition) is 1. The van der Waals surface area contributed by atoms with Crippen molar-refractivity contribution in [2.45, 2.75) is 48.1 Å². The van der Waals surface area contributed by atoms with Gasteiger partial charge in [0.2, 0.25) is 5.91 Å². The van der Waals surface area contributed by atoms with Gasteiger partial charge in [-0.05, 0) is 60.2 Å². The van der Waals surface area contributed by atoms with Gasteiger partial charge in [-0.1, -0.05) is 23.9 Å². The minimum Gasteiger partial charge on any atom is -0.378 e. The molecule has 36 heavy (non-hydrogen) atoms. The van der Waals surface area contributed by atoms with Gasteiger partial charge < -0.3 is 15.4 Å². The van der Waals surface area contributed by atoms with Crippen LogP contribution >= 0.6 is 11.8 Å². The van der Waals surface area contributed by atoms with Crippen LogP contribution in [0, 0.1) is 17.2 Å². The molecule has 2 saturated heterocycles. The molecule has 4 heterocycles. The normalized spacial score (nSPS) is 33.8. The second-order valence-corrected chi connectivity index (χ2v) is 11.7. The van der Waals surface area contributed by atoms with E-state index in [-0.39, 0.29) is 29.6 Å². The van der Waals surface area contributed by atoms with Gasteiger partial charge in [-0.15, -0.1) is 0 Å². The molecule has 1 saturated carbocycles. The fraction of sp³-hybridized carbons (Fsp3) is 0.407. The van der Waals surface area contributed by atoms with Crippen molar-refractivity contribution >= 4 is 34.7 Å². The van der Waals surface area contributed by atoms with Crippen molar-refractivity contribution < 1.29 is 13.9 Å². The predicted molar refractivity (Wildman–Crippen MR) is 134 cm³/mol. The number of ether oxygens (including phenoxy) is 1. The average Bonchev–Trinajstić information content (AvgIpc) is 3.57. The maximum atomic E-state index is 14.9. The van der Waals surface area contributed by atoms with Gasteiger partial charge in [0.05, 0.1) is 42.1 Å². The van der Waals surface area contributed by atoms with Crippen LogP contribution in [-0.4, -0.2) is 51.0 Å². The zero-order valence-corrected chi connectivity index (χ0v) is 20.3. The summed E-state index contributed by atoms with van der Waals surface area (Å²) in [7, 11) is 0. The first-order valence-corrected chi connectivity index (χ1v) is 13.1. The highest BCUT2D eigenvalue weighted by atomic mass is 32.2. The summed E-state index contributed by atoms with van der Waals surface area (Å²) in [4.78, 5) is 25.0. The summed E-state index contributed by atoms with van der Waals surface area (Å²) in [5.74, 6) is -0.212. The molecule has 3 fully saturated rings. The molecule has 5 atom stereocenters. The van der Waals surface area contributed by atoms with E-state index in [2.05, 4.69) is 9.88 Å². The molecule has 0 radical (unpaired) electrons. The minimum absolute atomic E-state index is 0.0776. The van der Waals surface area contributed by atoms with E-state index in [4.69, 9.17) is 20.7 Å². The van der Waals surface area contributed by atoms with Crippen molar-refractivity contribution in [1.29, 1.82) is 5.26 Å². The number of carbonyl (C=O) groups is 1. The van der Waals surface area contributed by atoms with Crippen LogP contribution in [0.15, 0.2) is 41.5 Å². The molecular formula is C27H24FN5O2S. The zero-order chi connectivity index (χ0) is 24.7. The molecule has 7 rings (SSSR count). The summed E-state index contributed by atoms with van der Waals surface area (Å²) in [6.45, 7) is 1.22. The zero-order valence-electron chi connectivity index (χ0n) is 19.5. The van der Waals surface area contributed by atoms with E-state index < -0.39 is 16.1 Å². The lowest BCUT2D eigenvalue weighted by Gasteiger charge is -2.46. The van der Waals surface area contributed by atoms with E-state index in [0.29, 0.717) is 29.5 Å². The number of pyridine rings is 1. The summed E-state index contributed by atoms with van der Waals surface area (Å²) in [6.07, 6.45) is 6.28. The average molecular weight is 502 g/mol. The van der Waals surface area contributed by atoms with Gasteiger partial charge in [-0.3, -0.25) is 14.8 Å². The molecule has 3 aliphatic heterocycles. The summed E-state index contributed by atoms with van der Waals surface area (Å²) in [5, 5.41) is 9.39. The quantitative estimate of drug-likeness (QED) is 0.692. The van der Waals surface area contributed by atoms with Gasteiger partial charge in [0.25, 0.3) is 0 Å². The molecule has 2 aromatic rings. The summed E-state index contributed by atoms with van der Waals surface area (Å²) in [5.41, 5.74) is 9.29. The van der Waals surface area contributed by atoms with Gasteiger partial charge in [-0.25, -0.2) is 4.39 Å². The molecule has 2 unspecified atom stereocenters. The SMILES string of the molecule is N#Cc1ccc(/C(F)=C/c2ccc3c(c2)[C@@]2(C3)N=C(N)S[C@@]3(C(=O)N4C5CCC4COC5)C[C@H]32)nc1. The van der Waals surface area contributed by atoms with E-state index >= 15 is 0 Å². The van der Waals surface area contributed by atoms with Gasteiger partial charge in [0.15, 0.2) is 5.17 Å². The van der Waals surface area contributed by atoms with E-state index in [1.807, 2.05) is 24.3 Å². The Morgan fingerprint density at radius 1 is 1.28 bits per heavy atom. The van der Waals surface area contributed by atoms with Gasteiger partial charge in [-0.2, -0.15) is 5.26 Å². The standard InChI is InChI=1S/C27H24FN5O2S/c28-21(22-6-2-16(11-29)12-31-22)8-15-1-3-17-9-26(20(17)7-15)23-10-27(23,36-25(30)32-26)24(34)33-18-4-5-19(33)14-35-13-18/h1-3,6-8,12,18-19,23H,4-5,9-10,13-14H2,(H2,30,32)/b21-8-/t18?,19?,23-,26+,27-/m0/s1. The van der Waals surface area contributed by atoms with E-state index in [9.17, 15) is 9.18 Å². The van der Waals surface area contributed by atoms with Crippen LogP contribution in [0.3, 0.4) is 0 Å². The van der Waals surface area contributed by atoms with Crippen LogP contribution in [-0.2, 0) is 21.5 Å². The number of benzene rings is 1. The third kappa shape index (κ3) is 3.04. The van der Waals surface area contributed by atoms with Crippen molar-refractivity contribution in [2.75, 3.05) is 13.2 Å². The van der Waals surface area contributed by atoms with Gasteiger partial charge >= 0.3 is 0 Å². The number of aromatic nitrogens is 1. The monoisotopic (exact) mass is 501 g/mol. The van der Waals surface area contributed by atoms with E-state index in [0.717, 1.165) is 36.8 Å². The van der Waals surface area contributed by atoms with E-state index in [1.165, 1.54) is 30.1 Å². The molecule has 5 aliphatic rings.